The molecule has 22 heavy (non-hydrogen) atoms. The average molecular weight is 298 g/mol. The fourth-order valence-corrected chi connectivity index (χ4v) is 2.66. The van der Waals surface area contributed by atoms with Crippen LogP contribution in [0.25, 0.3) is 0 Å². The molecule has 2 heterocycles. The van der Waals surface area contributed by atoms with Crippen LogP contribution < -0.4 is 4.74 Å². The zero-order chi connectivity index (χ0) is 15.0. The standard InChI is InChI=1S/C18H22N2O2/c1-2-8-18(22-17-7-3-9-19-15-17)16(5-1)6-4-10-20-11-13-21-14-12-20/h1-3,5,7-9,15H,4,6,10-14H2. The summed E-state index contributed by atoms with van der Waals surface area (Å²) in [5, 5.41) is 0. The van der Waals surface area contributed by atoms with Gasteiger partial charge in [0.05, 0.1) is 19.4 Å². The van der Waals surface area contributed by atoms with Gasteiger partial charge in [-0.3, -0.25) is 9.88 Å². The second-order valence-corrected chi connectivity index (χ2v) is 5.46. The molecule has 0 saturated carbocycles. The number of morpholine rings is 1. The largest absolute Gasteiger partial charge is 0.455 e. The lowest BCUT2D eigenvalue weighted by Crippen LogP contribution is -2.36. The van der Waals surface area contributed by atoms with Crippen molar-refractivity contribution in [1.82, 2.24) is 9.88 Å². The van der Waals surface area contributed by atoms with Gasteiger partial charge < -0.3 is 9.47 Å². The second kappa shape index (κ2) is 7.92. The van der Waals surface area contributed by atoms with E-state index in [1.165, 1.54) is 5.56 Å². The molecule has 1 aromatic carbocycles. The summed E-state index contributed by atoms with van der Waals surface area (Å²) in [6, 6.07) is 12.1. The average Bonchev–Trinajstić information content (AvgIpc) is 2.58. The SMILES string of the molecule is c1cncc(Oc2ccccc2CCCN2CCOCC2)c1. The molecule has 4 heteroatoms. The van der Waals surface area contributed by atoms with Crippen molar-refractivity contribution in [2.45, 2.75) is 12.8 Å². The highest BCUT2D eigenvalue weighted by Gasteiger charge is 2.10. The minimum atomic E-state index is 0.781. The summed E-state index contributed by atoms with van der Waals surface area (Å²) in [7, 11) is 0. The van der Waals surface area contributed by atoms with Crippen molar-refractivity contribution in [2.24, 2.45) is 0 Å². The van der Waals surface area contributed by atoms with E-state index in [-0.39, 0.29) is 0 Å². The summed E-state index contributed by atoms with van der Waals surface area (Å²) >= 11 is 0. The van der Waals surface area contributed by atoms with E-state index in [0.717, 1.165) is 57.2 Å². The zero-order valence-electron chi connectivity index (χ0n) is 12.8. The van der Waals surface area contributed by atoms with Gasteiger partial charge in [-0.25, -0.2) is 0 Å². The minimum Gasteiger partial charge on any atom is -0.455 e. The Balaban J connectivity index is 1.56. The van der Waals surface area contributed by atoms with Crippen LogP contribution in [-0.2, 0) is 11.2 Å². The number of benzene rings is 1. The number of aromatic nitrogens is 1. The van der Waals surface area contributed by atoms with Crippen molar-refractivity contribution in [3.8, 4) is 11.5 Å². The van der Waals surface area contributed by atoms with Crippen molar-refractivity contribution in [1.29, 1.82) is 0 Å². The summed E-state index contributed by atoms with van der Waals surface area (Å²) in [6.07, 6.45) is 5.65. The number of ether oxygens (including phenoxy) is 2. The molecule has 1 fully saturated rings. The maximum atomic E-state index is 5.96. The summed E-state index contributed by atoms with van der Waals surface area (Å²) in [4.78, 5) is 6.56. The van der Waals surface area contributed by atoms with Crippen LogP contribution in [0.3, 0.4) is 0 Å². The van der Waals surface area contributed by atoms with E-state index in [0.29, 0.717) is 0 Å². The van der Waals surface area contributed by atoms with Gasteiger partial charge in [0.1, 0.15) is 11.5 Å². The zero-order valence-corrected chi connectivity index (χ0v) is 12.8. The van der Waals surface area contributed by atoms with Gasteiger partial charge in [-0.15, -0.1) is 0 Å². The molecule has 0 aliphatic carbocycles. The number of pyridine rings is 1. The van der Waals surface area contributed by atoms with Crippen LogP contribution in [0.5, 0.6) is 11.5 Å². The Labute approximate surface area is 131 Å². The molecule has 1 aliphatic heterocycles. The predicted molar refractivity (Wildman–Crippen MR) is 86.3 cm³/mol. The molecule has 0 amide bonds. The Bertz CT molecular complexity index is 568. The van der Waals surface area contributed by atoms with Crippen LogP contribution in [-0.4, -0.2) is 42.7 Å². The van der Waals surface area contributed by atoms with E-state index >= 15 is 0 Å². The molecule has 0 bridgehead atoms. The summed E-state index contributed by atoms with van der Waals surface area (Å²) in [5.41, 5.74) is 1.25. The minimum absolute atomic E-state index is 0.781. The molecule has 3 rings (SSSR count). The van der Waals surface area contributed by atoms with Crippen LogP contribution >= 0.6 is 0 Å². The highest BCUT2D eigenvalue weighted by atomic mass is 16.5. The van der Waals surface area contributed by atoms with E-state index < -0.39 is 0 Å². The Morgan fingerprint density at radius 3 is 2.77 bits per heavy atom. The highest BCUT2D eigenvalue weighted by molar-refractivity contribution is 5.37. The predicted octanol–water partition coefficient (Wildman–Crippen LogP) is 3.14. The van der Waals surface area contributed by atoms with Crippen molar-refractivity contribution in [3.05, 3.63) is 54.4 Å². The Morgan fingerprint density at radius 1 is 1.09 bits per heavy atom. The Hall–Kier alpha value is -1.91. The fraction of sp³-hybridized carbons (Fsp3) is 0.389. The normalized spacial score (nSPS) is 15.6. The summed E-state index contributed by atoms with van der Waals surface area (Å²) in [5.74, 6) is 1.71. The van der Waals surface area contributed by atoms with Gasteiger partial charge in [0.2, 0.25) is 0 Å². The first-order chi connectivity index (χ1) is 10.9. The molecule has 0 radical (unpaired) electrons. The van der Waals surface area contributed by atoms with Gasteiger partial charge in [-0.2, -0.15) is 0 Å². The van der Waals surface area contributed by atoms with Crippen LogP contribution in [0.15, 0.2) is 48.8 Å². The van der Waals surface area contributed by atoms with Gasteiger partial charge in [0.15, 0.2) is 0 Å². The maximum Gasteiger partial charge on any atom is 0.145 e. The van der Waals surface area contributed by atoms with Crippen molar-refractivity contribution in [3.63, 3.8) is 0 Å². The molecular weight excluding hydrogens is 276 g/mol. The Kier molecular flexibility index (Phi) is 5.40. The van der Waals surface area contributed by atoms with E-state index in [2.05, 4.69) is 22.0 Å². The van der Waals surface area contributed by atoms with E-state index in [4.69, 9.17) is 9.47 Å². The first kappa shape index (κ1) is 15.0. The molecule has 4 nitrogen and oxygen atoms in total. The lowest BCUT2D eigenvalue weighted by Gasteiger charge is -2.26. The molecule has 1 aliphatic rings. The topological polar surface area (TPSA) is 34.6 Å². The summed E-state index contributed by atoms with van der Waals surface area (Å²) < 4.78 is 11.3. The number of aryl methyl sites for hydroxylation is 1. The van der Waals surface area contributed by atoms with Crippen LogP contribution in [0.4, 0.5) is 0 Å². The number of nitrogens with zero attached hydrogens (tertiary/aromatic N) is 2. The molecule has 1 saturated heterocycles. The lowest BCUT2D eigenvalue weighted by atomic mass is 10.1. The number of para-hydroxylation sites is 1. The lowest BCUT2D eigenvalue weighted by molar-refractivity contribution is 0.0374. The van der Waals surface area contributed by atoms with Gasteiger partial charge >= 0.3 is 0 Å². The van der Waals surface area contributed by atoms with E-state index in [9.17, 15) is 0 Å². The van der Waals surface area contributed by atoms with Crippen molar-refractivity contribution in [2.75, 3.05) is 32.8 Å². The molecule has 116 valence electrons. The quantitative estimate of drug-likeness (QED) is 0.820. The van der Waals surface area contributed by atoms with Crippen LogP contribution in [0.1, 0.15) is 12.0 Å². The van der Waals surface area contributed by atoms with Gasteiger partial charge in [0, 0.05) is 19.3 Å². The van der Waals surface area contributed by atoms with Gasteiger partial charge in [-0.1, -0.05) is 18.2 Å². The molecule has 1 aromatic heterocycles. The van der Waals surface area contributed by atoms with Crippen molar-refractivity contribution < 1.29 is 9.47 Å². The van der Waals surface area contributed by atoms with Crippen molar-refractivity contribution >= 4 is 0 Å². The Morgan fingerprint density at radius 2 is 1.95 bits per heavy atom. The molecule has 0 atom stereocenters. The highest BCUT2D eigenvalue weighted by Crippen LogP contribution is 2.25. The van der Waals surface area contributed by atoms with E-state index in [1.807, 2.05) is 24.3 Å². The third kappa shape index (κ3) is 4.29. The first-order valence-electron chi connectivity index (χ1n) is 7.88. The number of hydrogen-bond acceptors (Lipinski definition) is 4. The molecule has 0 spiro atoms. The van der Waals surface area contributed by atoms with Gasteiger partial charge in [0.25, 0.3) is 0 Å². The maximum absolute atomic E-state index is 5.96. The fourth-order valence-electron chi connectivity index (χ4n) is 2.66. The smallest absolute Gasteiger partial charge is 0.145 e. The molecule has 0 N–H and O–H groups in total. The first-order valence-corrected chi connectivity index (χ1v) is 7.88. The third-order valence-electron chi connectivity index (χ3n) is 3.86. The van der Waals surface area contributed by atoms with Gasteiger partial charge in [-0.05, 0) is 43.1 Å². The molecular formula is C18H22N2O2. The van der Waals surface area contributed by atoms with E-state index in [1.54, 1.807) is 12.4 Å². The third-order valence-corrected chi connectivity index (χ3v) is 3.86. The molecule has 2 aromatic rings. The second-order valence-electron chi connectivity index (χ2n) is 5.46. The monoisotopic (exact) mass is 298 g/mol. The van der Waals surface area contributed by atoms with Crippen LogP contribution in [0, 0.1) is 0 Å². The van der Waals surface area contributed by atoms with Crippen LogP contribution in [0.2, 0.25) is 0 Å². The molecule has 0 unspecified atom stereocenters. The number of hydrogen-bond donors (Lipinski definition) is 0. The number of rotatable bonds is 6. The summed E-state index contributed by atoms with van der Waals surface area (Å²) in [6.45, 7) is 4.94.